The highest BCUT2D eigenvalue weighted by Gasteiger charge is 2.22. The van der Waals surface area contributed by atoms with E-state index in [1.807, 2.05) is 0 Å². The molecule has 110 valence electrons. The van der Waals surface area contributed by atoms with E-state index in [0.717, 1.165) is 0 Å². The first-order valence-electron chi connectivity index (χ1n) is 6.22. The molecule has 6 nitrogen and oxygen atoms in total. The third-order valence-electron chi connectivity index (χ3n) is 2.27. The van der Waals surface area contributed by atoms with Crippen LogP contribution in [0.15, 0.2) is 0 Å². The average molecular weight is 283 g/mol. The number of nitrogens with one attached hydrogen (secondary N) is 1. The Balaban J connectivity index is 3.88. The molecular formula is C11H26NO5P. The van der Waals surface area contributed by atoms with Crippen molar-refractivity contribution in [3.63, 3.8) is 0 Å². The molecule has 0 aliphatic heterocycles. The van der Waals surface area contributed by atoms with Gasteiger partial charge < -0.3 is 23.8 Å². The number of hydrogen-bond donors (Lipinski definition) is 1. The largest absolute Gasteiger partial charge is 0.382 e. The van der Waals surface area contributed by atoms with Crippen molar-refractivity contribution in [2.24, 2.45) is 0 Å². The molecule has 0 saturated carbocycles. The summed E-state index contributed by atoms with van der Waals surface area (Å²) in [4.78, 5) is 0. The third kappa shape index (κ3) is 8.19. The summed E-state index contributed by atoms with van der Waals surface area (Å²) in [5.74, 6) is 0. The van der Waals surface area contributed by atoms with Crippen LogP contribution in [-0.4, -0.2) is 59.4 Å². The summed E-state index contributed by atoms with van der Waals surface area (Å²) in [5, 5.41) is 3.16. The zero-order chi connectivity index (χ0) is 13.9. The Hall–Kier alpha value is 0.0300. The standard InChI is InChI=1S/C11H26NO5P/c1-5-16-18(13,17-6-2)8-7-12-9-11(15-4)10-14-3/h11-12H,5-10H2,1-4H3. The van der Waals surface area contributed by atoms with Gasteiger partial charge in [-0.1, -0.05) is 0 Å². The molecule has 1 unspecified atom stereocenters. The van der Waals surface area contributed by atoms with Crippen molar-refractivity contribution in [1.29, 1.82) is 0 Å². The molecule has 1 atom stereocenters. The Labute approximate surface area is 110 Å². The second-order valence-electron chi connectivity index (χ2n) is 3.69. The topological polar surface area (TPSA) is 66.0 Å². The molecule has 0 heterocycles. The predicted octanol–water partition coefficient (Wildman–Crippen LogP) is 1.50. The summed E-state index contributed by atoms with van der Waals surface area (Å²) in [5.41, 5.74) is 0. The molecule has 0 amide bonds. The van der Waals surface area contributed by atoms with E-state index < -0.39 is 7.60 Å². The van der Waals surface area contributed by atoms with Crippen molar-refractivity contribution in [2.45, 2.75) is 20.0 Å². The lowest BCUT2D eigenvalue weighted by Gasteiger charge is -2.18. The summed E-state index contributed by atoms with van der Waals surface area (Å²) in [7, 11) is 0.327. The van der Waals surface area contributed by atoms with E-state index in [4.69, 9.17) is 18.5 Å². The zero-order valence-electron chi connectivity index (χ0n) is 11.8. The fraction of sp³-hybridized carbons (Fsp3) is 1.00. The Bertz CT molecular complexity index is 229. The summed E-state index contributed by atoms with van der Waals surface area (Å²) in [6.45, 7) is 6.11. The Morgan fingerprint density at radius 1 is 1.17 bits per heavy atom. The van der Waals surface area contributed by atoms with E-state index >= 15 is 0 Å². The van der Waals surface area contributed by atoms with Gasteiger partial charge in [-0.05, 0) is 13.8 Å². The Morgan fingerprint density at radius 3 is 2.22 bits per heavy atom. The smallest absolute Gasteiger partial charge is 0.331 e. The van der Waals surface area contributed by atoms with Gasteiger partial charge in [0, 0.05) is 27.3 Å². The second-order valence-corrected chi connectivity index (χ2v) is 5.87. The summed E-state index contributed by atoms with van der Waals surface area (Å²) >= 11 is 0. The minimum absolute atomic E-state index is 0.00595. The van der Waals surface area contributed by atoms with Gasteiger partial charge in [-0.2, -0.15) is 0 Å². The van der Waals surface area contributed by atoms with Gasteiger partial charge in [0.15, 0.2) is 0 Å². The SMILES string of the molecule is CCOP(=O)(CCNCC(COC)OC)OCC. The van der Waals surface area contributed by atoms with Gasteiger partial charge in [0.05, 0.1) is 32.1 Å². The number of methoxy groups -OCH3 is 2. The van der Waals surface area contributed by atoms with E-state index in [9.17, 15) is 4.57 Å². The van der Waals surface area contributed by atoms with E-state index in [1.165, 1.54) is 0 Å². The van der Waals surface area contributed by atoms with Crippen LogP contribution >= 0.6 is 7.60 Å². The highest BCUT2D eigenvalue weighted by atomic mass is 31.2. The van der Waals surface area contributed by atoms with Gasteiger partial charge in [0.2, 0.25) is 0 Å². The molecule has 0 aromatic carbocycles. The summed E-state index contributed by atoms with van der Waals surface area (Å²) < 4.78 is 32.7. The molecular weight excluding hydrogens is 257 g/mol. The molecule has 0 radical (unpaired) electrons. The summed E-state index contributed by atoms with van der Waals surface area (Å²) in [6, 6.07) is 0. The molecule has 0 rings (SSSR count). The van der Waals surface area contributed by atoms with Crippen molar-refractivity contribution < 1.29 is 23.1 Å². The molecule has 0 aliphatic carbocycles. The van der Waals surface area contributed by atoms with Gasteiger partial charge in [0.25, 0.3) is 0 Å². The maximum absolute atomic E-state index is 12.1. The van der Waals surface area contributed by atoms with Crippen LogP contribution in [-0.2, 0) is 23.1 Å². The van der Waals surface area contributed by atoms with Crippen LogP contribution in [0.1, 0.15) is 13.8 Å². The first-order chi connectivity index (χ1) is 8.61. The number of ether oxygens (including phenoxy) is 2. The monoisotopic (exact) mass is 283 g/mol. The van der Waals surface area contributed by atoms with Crippen LogP contribution in [0.3, 0.4) is 0 Å². The lowest BCUT2D eigenvalue weighted by molar-refractivity contribution is 0.0292. The average Bonchev–Trinajstić information content (AvgIpc) is 2.34. The van der Waals surface area contributed by atoms with Crippen molar-refractivity contribution in [1.82, 2.24) is 5.32 Å². The van der Waals surface area contributed by atoms with E-state index in [1.54, 1.807) is 28.1 Å². The van der Waals surface area contributed by atoms with Gasteiger partial charge in [-0.3, -0.25) is 4.57 Å². The second kappa shape index (κ2) is 10.9. The highest BCUT2D eigenvalue weighted by Crippen LogP contribution is 2.47. The van der Waals surface area contributed by atoms with Crippen LogP contribution in [0.25, 0.3) is 0 Å². The molecule has 0 aromatic rings. The molecule has 18 heavy (non-hydrogen) atoms. The van der Waals surface area contributed by atoms with Gasteiger partial charge >= 0.3 is 7.60 Å². The molecule has 0 bridgehead atoms. The third-order valence-corrected chi connectivity index (χ3v) is 4.35. The Kier molecular flexibility index (Phi) is 10.9. The predicted molar refractivity (Wildman–Crippen MR) is 71.3 cm³/mol. The molecule has 0 aromatic heterocycles. The fourth-order valence-corrected chi connectivity index (χ4v) is 2.99. The van der Waals surface area contributed by atoms with Crippen LogP contribution < -0.4 is 5.32 Å². The van der Waals surface area contributed by atoms with Crippen LogP contribution in [0, 0.1) is 0 Å². The molecule has 0 aliphatic rings. The van der Waals surface area contributed by atoms with E-state index in [2.05, 4.69) is 5.32 Å². The number of hydrogen-bond acceptors (Lipinski definition) is 6. The molecule has 0 fully saturated rings. The lowest BCUT2D eigenvalue weighted by Crippen LogP contribution is -2.33. The molecule has 1 N–H and O–H groups in total. The fourth-order valence-electron chi connectivity index (χ4n) is 1.43. The highest BCUT2D eigenvalue weighted by molar-refractivity contribution is 7.53. The van der Waals surface area contributed by atoms with Gasteiger partial charge in [-0.25, -0.2) is 0 Å². The van der Waals surface area contributed by atoms with Gasteiger partial charge in [0.1, 0.15) is 0 Å². The first kappa shape index (κ1) is 18.0. The van der Waals surface area contributed by atoms with E-state index in [0.29, 0.717) is 39.1 Å². The quantitative estimate of drug-likeness (QED) is 0.432. The maximum Gasteiger partial charge on any atom is 0.331 e. The summed E-state index contributed by atoms with van der Waals surface area (Å²) in [6.07, 6.45) is 0.353. The van der Waals surface area contributed by atoms with Crippen LogP contribution in [0.2, 0.25) is 0 Å². The van der Waals surface area contributed by atoms with Crippen molar-refractivity contribution >= 4 is 7.60 Å². The van der Waals surface area contributed by atoms with E-state index in [-0.39, 0.29) is 6.10 Å². The number of rotatable bonds is 12. The minimum Gasteiger partial charge on any atom is -0.382 e. The van der Waals surface area contributed by atoms with Crippen LogP contribution in [0.4, 0.5) is 0 Å². The Morgan fingerprint density at radius 2 is 1.78 bits per heavy atom. The maximum atomic E-state index is 12.1. The van der Waals surface area contributed by atoms with Crippen molar-refractivity contribution in [3.05, 3.63) is 0 Å². The first-order valence-corrected chi connectivity index (χ1v) is 7.95. The van der Waals surface area contributed by atoms with Crippen molar-refractivity contribution in [3.8, 4) is 0 Å². The van der Waals surface area contributed by atoms with Gasteiger partial charge in [-0.15, -0.1) is 0 Å². The molecule has 0 saturated heterocycles. The van der Waals surface area contributed by atoms with Crippen molar-refractivity contribution in [2.75, 3.05) is 53.3 Å². The zero-order valence-corrected chi connectivity index (χ0v) is 12.7. The lowest BCUT2D eigenvalue weighted by atomic mass is 10.4. The normalized spacial score (nSPS) is 13.8. The molecule has 7 heteroatoms. The van der Waals surface area contributed by atoms with Crippen LogP contribution in [0.5, 0.6) is 0 Å². The molecule has 0 spiro atoms. The minimum atomic E-state index is -2.94.